The van der Waals surface area contributed by atoms with E-state index in [1.165, 1.54) is 62.5 Å². The molecule has 0 nitrogen and oxygen atoms in total. The molecule has 2 rings (SSSR count). The van der Waals surface area contributed by atoms with E-state index < -0.39 is 0 Å². The largest absolute Gasteiger partial charge is 0.0620 e. The van der Waals surface area contributed by atoms with Crippen LogP contribution in [0, 0.1) is 10.8 Å². The van der Waals surface area contributed by atoms with E-state index >= 15 is 0 Å². The van der Waals surface area contributed by atoms with Gasteiger partial charge in [0.15, 0.2) is 0 Å². The van der Waals surface area contributed by atoms with Crippen molar-refractivity contribution in [1.82, 2.24) is 0 Å². The molecule has 0 aliphatic heterocycles. The molecule has 0 heterocycles. The molecular weight excluding hydrogens is 348 g/mol. The SMILES string of the molecule is CC(C)(C)CCCCc1ccccc1Cc1ccccc1CCCCC(C)(C)C. The molecule has 0 heteroatoms. The van der Waals surface area contributed by atoms with E-state index in [1.807, 2.05) is 0 Å². The first-order valence-corrected chi connectivity index (χ1v) is 11.8. The summed E-state index contributed by atoms with van der Waals surface area (Å²) in [5.74, 6) is 0. The summed E-state index contributed by atoms with van der Waals surface area (Å²) in [6.07, 6.45) is 11.3. The molecule has 0 N–H and O–H groups in total. The molecule has 0 fully saturated rings. The van der Waals surface area contributed by atoms with Crippen LogP contribution in [0.25, 0.3) is 0 Å². The molecule has 0 unspecified atom stereocenters. The zero-order valence-electron chi connectivity index (χ0n) is 20.0. The maximum atomic E-state index is 2.35. The second kappa shape index (κ2) is 11.0. The summed E-state index contributed by atoms with van der Waals surface area (Å²) in [7, 11) is 0. The molecule has 0 atom stereocenters. The maximum absolute atomic E-state index is 2.35. The van der Waals surface area contributed by atoms with Crippen LogP contribution >= 0.6 is 0 Å². The Morgan fingerprint density at radius 2 is 0.828 bits per heavy atom. The number of hydrogen-bond donors (Lipinski definition) is 0. The van der Waals surface area contributed by atoms with Crippen LogP contribution in [0.4, 0.5) is 0 Å². The van der Waals surface area contributed by atoms with Gasteiger partial charge in [0.1, 0.15) is 0 Å². The summed E-state index contributed by atoms with van der Waals surface area (Å²) in [6.45, 7) is 14.1. The molecule has 0 radical (unpaired) electrons. The fourth-order valence-corrected chi connectivity index (χ4v) is 4.09. The average molecular weight is 393 g/mol. The van der Waals surface area contributed by atoms with Crippen LogP contribution in [0.5, 0.6) is 0 Å². The number of benzene rings is 2. The van der Waals surface area contributed by atoms with E-state index in [0.29, 0.717) is 10.8 Å². The van der Waals surface area contributed by atoms with Crippen LogP contribution in [-0.4, -0.2) is 0 Å². The molecule has 2 aromatic rings. The third kappa shape index (κ3) is 9.66. The molecule has 0 amide bonds. The lowest BCUT2D eigenvalue weighted by molar-refractivity contribution is 0.360. The summed E-state index contributed by atoms with van der Waals surface area (Å²) in [4.78, 5) is 0. The zero-order chi connectivity index (χ0) is 21.3. The lowest BCUT2D eigenvalue weighted by Crippen LogP contribution is -2.05. The van der Waals surface area contributed by atoms with Gasteiger partial charge in [-0.1, -0.05) is 103 Å². The number of rotatable bonds is 10. The molecule has 0 bridgehead atoms. The Morgan fingerprint density at radius 3 is 1.17 bits per heavy atom. The van der Waals surface area contributed by atoms with E-state index in [2.05, 4.69) is 90.1 Å². The van der Waals surface area contributed by atoms with Crippen molar-refractivity contribution in [2.24, 2.45) is 10.8 Å². The highest BCUT2D eigenvalue weighted by atomic mass is 14.2. The van der Waals surface area contributed by atoms with Gasteiger partial charge in [-0.2, -0.15) is 0 Å². The minimum Gasteiger partial charge on any atom is -0.0620 e. The van der Waals surface area contributed by atoms with Gasteiger partial charge in [-0.25, -0.2) is 0 Å². The van der Waals surface area contributed by atoms with E-state index in [-0.39, 0.29) is 0 Å². The third-order valence-corrected chi connectivity index (χ3v) is 5.86. The van der Waals surface area contributed by atoms with Crippen molar-refractivity contribution in [1.29, 1.82) is 0 Å². The standard InChI is InChI=1S/C29H44/c1-28(2,3)21-13-11-17-24-15-7-9-19-26(24)23-27-20-10-8-16-25(27)18-12-14-22-29(4,5)6/h7-10,15-16,19-20H,11-14,17-18,21-23H2,1-6H3. The molecule has 0 saturated heterocycles. The van der Waals surface area contributed by atoms with Crippen LogP contribution in [-0.2, 0) is 19.3 Å². The van der Waals surface area contributed by atoms with Gasteiger partial charge in [-0.15, -0.1) is 0 Å². The normalized spacial score (nSPS) is 12.3. The van der Waals surface area contributed by atoms with Gasteiger partial charge in [-0.3, -0.25) is 0 Å². The van der Waals surface area contributed by atoms with Gasteiger partial charge >= 0.3 is 0 Å². The highest BCUT2D eigenvalue weighted by Crippen LogP contribution is 2.25. The van der Waals surface area contributed by atoms with Crippen molar-refractivity contribution in [3.05, 3.63) is 70.8 Å². The third-order valence-electron chi connectivity index (χ3n) is 5.86. The number of hydrogen-bond acceptors (Lipinski definition) is 0. The molecule has 160 valence electrons. The lowest BCUT2D eigenvalue weighted by Gasteiger charge is -2.18. The Bertz CT molecular complexity index is 661. The van der Waals surface area contributed by atoms with E-state index in [1.54, 1.807) is 11.1 Å². The van der Waals surface area contributed by atoms with E-state index in [9.17, 15) is 0 Å². The minimum absolute atomic E-state index is 0.450. The van der Waals surface area contributed by atoms with E-state index in [4.69, 9.17) is 0 Å². The summed E-state index contributed by atoms with van der Waals surface area (Å²) in [6, 6.07) is 18.2. The van der Waals surface area contributed by atoms with Gasteiger partial charge in [-0.05, 0) is 78.0 Å². The fourth-order valence-electron chi connectivity index (χ4n) is 4.09. The van der Waals surface area contributed by atoms with Gasteiger partial charge < -0.3 is 0 Å². The predicted octanol–water partition coefficient (Wildman–Crippen LogP) is 8.80. The summed E-state index contributed by atoms with van der Waals surface area (Å²) >= 11 is 0. The molecule has 0 aromatic heterocycles. The van der Waals surface area contributed by atoms with E-state index in [0.717, 1.165) is 6.42 Å². The fraction of sp³-hybridized carbons (Fsp3) is 0.586. The van der Waals surface area contributed by atoms with Crippen molar-refractivity contribution < 1.29 is 0 Å². The zero-order valence-corrected chi connectivity index (χ0v) is 20.0. The lowest BCUT2D eigenvalue weighted by atomic mass is 9.87. The number of unbranched alkanes of at least 4 members (excludes halogenated alkanes) is 2. The van der Waals surface area contributed by atoms with Gasteiger partial charge in [0.05, 0.1) is 0 Å². The molecule has 29 heavy (non-hydrogen) atoms. The summed E-state index contributed by atoms with van der Waals surface area (Å²) in [5.41, 5.74) is 7.03. The van der Waals surface area contributed by atoms with Gasteiger partial charge in [0, 0.05) is 0 Å². The molecule has 0 spiro atoms. The Labute approximate surface area is 181 Å². The maximum Gasteiger partial charge on any atom is -0.00203 e. The minimum atomic E-state index is 0.450. The highest BCUT2D eigenvalue weighted by molar-refractivity contribution is 5.36. The summed E-state index contributed by atoms with van der Waals surface area (Å²) < 4.78 is 0. The molecular formula is C29H44. The molecule has 0 aliphatic rings. The average Bonchev–Trinajstić information content (AvgIpc) is 2.63. The van der Waals surface area contributed by atoms with Gasteiger partial charge in [0.2, 0.25) is 0 Å². The highest BCUT2D eigenvalue weighted by Gasteiger charge is 2.12. The monoisotopic (exact) mass is 392 g/mol. The molecule has 2 aromatic carbocycles. The van der Waals surface area contributed by atoms with Crippen LogP contribution in [0.15, 0.2) is 48.5 Å². The van der Waals surface area contributed by atoms with Crippen LogP contribution < -0.4 is 0 Å². The quantitative estimate of drug-likeness (QED) is 0.354. The number of aryl methyl sites for hydroxylation is 2. The van der Waals surface area contributed by atoms with Crippen molar-refractivity contribution in [3.63, 3.8) is 0 Å². The first kappa shape index (κ1) is 23.7. The Kier molecular flexibility index (Phi) is 9.00. The molecule has 0 saturated carbocycles. The second-order valence-corrected chi connectivity index (χ2v) is 11.2. The Hall–Kier alpha value is -1.56. The first-order chi connectivity index (χ1) is 13.6. The van der Waals surface area contributed by atoms with Crippen molar-refractivity contribution in [3.8, 4) is 0 Å². The van der Waals surface area contributed by atoms with Crippen molar-refractivity contribution in [2.75, 3.05) is 0 Å². The van der Waals surface area contributed by atoms with Crippen molar-refractivity contribution >= 4 is 0 Å². The molecule has 0 aliphatic carbocycles. The summed E-state index contributed by atoms with van der Waals surface area (Å²) in [5, 5.41) is 0. The first-order valence-electron chi connectivity index (χ1n) is 11.8. The Morgan fingerprint density at radius 1 is 0.483 bits per heavy atom. The van der Waals surface area contributed by atoms with Crippen LogP contribution in [0.2, 0.25) is 0 Å². The Balaban J connectivity index is 1.97. The van der Waals surface area contributed by atoms with Gasteiger partial charge in [0.25, 0.3) is 0 Å². The topological polar surface area (TPSA) is 0 Å². The second-order valence-electron chi connectivity index (χ2n) is 11.2. The smallest absolute Gasteiger partial charge is 0.00203 e. The van der Waals surface area contributed by atoms with Crippen molar-refractivity contribution in [2.45, 2.75) is 99.3 Å². The van der Waals surface area contributed by atoms with Crippen LogP contribution in [0.3, 0.4) is 0 Å². The predicted molar refractivity (Wildman–Crippen MR) is 130 cm³/mol. The van der Waals surface area contributed by atoms with Crippen LogP contribution in [0.1, 0.15) is 102 Å².